The second-order valence-electron chi connectivity index (χ2n) is 7.94. The van der Waals surface area contributed by atoms with E-state index in [-0.39, 0.29) is 18.4 Å². The largest absolute Gasteiger partial charge is 0.493 e. The molecule has 0 aromatic heterocycles. The van der Waals surface area contributed by atoms with Gasteiger partial charge in [0.2, 0.25) is 11.8 Å². The summed E-state index contributed by atoms with van der Waals surface area (Å²) in [6, 6.07) is 13.2. The van der Waals surface area contributed by atoms with Gasteiger partial charge in [-0.3, -0.25) is 19.4 Å². The van der Waals surface area contributed by atoms with Gasteiger partial charge in [-0.15, -0.1) is 0 Å². The molecule has 160 valence electrons. The van der Waals surface area contributed by atoms with Crippen LogP contribution in [0.5, 0.6) is 11.5 Å². The Morgan fingerprint density at radius 1 is 1.10 bits per heavy atom. The minimum absolute atomic E-state index is 0.114. The molecule has 0 saturated carbocycles. The Hall–Kier alpha value is -3.06. The average Bonchev–Trinajstić information content (AvgIpc) is 2.72. The van der Waals surface area contributed by atoms with Crippen LogP contribution < -0.4 is 19.7 Å². The lowest BCUT2D eigenvalue weighted by Crippen LogP contribution is -2.60. The number of anilines is 2. The molecule has 2 amide bonds. The quantitative estimate of drug-likeness (QED) is 0.759. The summed E-state index contributed by atoms with van der Waals surface area (Å²) in [5, 5.41) is 2.89. The number of likely N-dealkylation sites (N-methyl/N-ethyl adjacent to an activating group) is 1. The Morgan fingerprint density at radius 2 is 1.80 bits per heavy atom. The normalized spacial score (nSPS) is 14.9. The standard InChI is InChI=1S/C23H29N3O4/c1-23(2)22(28)24-17-8-6-7-9-18(17)26(23)21(27)15-25(3)13-12-16-10-11-19(29-4)20(14-16)30-5/h6-11,14H,12-13,15H2,1-5H3,(H,24,28). The summed E-state index contributed by atoms with van der Waals surface area (Å²) < 4.78 is 10.6. The second-order valence-corrected chi connectivity index (χ2v) is 7.94. The van der Waals surface area contributed by atoms with Gasteiger partial charge in [0.25, 0.3) is 0 Å². The fourth-order valence-corrected chi connectivity index (χ4v) is 3.64. The molecule has 0 fully saturated rings. The van der Waals surface area contributed by atoms with Gasteiger partial charge in [-0.25, -0.2) is 0 Å². The van der Waals surface area contributed by atoms with Gasteiger partial charge in [0.05, 0.1) is 32.1 Å². The van der Waals surface area contributed by atoms with Crippen LogP contribution in [0.15, 0.2) is 42.5 Å². The first-order chi connectivity index (χ1) is 14.3. The van der Waals surface area contributed by atoms with E-state index in [0.717, 1.165) is 17.7 Å². The van der Waals surface area contributed by atoms with Crippen molar-refractivity contribution in [2.24, 2.45) is 0 Å². The monoisotopic (exact) mass is 411 g/mol. The van der Waals surface area contributed by atoms with Crippen LogP contribution in [0.2, 0.25) is 0 Å². The molecule has 1 heterocycles. The van der Waals surface area contributed by atoms with Crippen LogP contribution in [0.4, 0.5) is 11.4 Å². The molecule has 30 heavy (non-hydrogen) atoms. The number of hydrogen-bond acceptors (Lipinski definition) is 5. The van der Waals surface area contributed by atoms with Crippen molar-refractivity contribution in [3.63, 3.8) is 0 Å². The van der Waals surface area contributed by atoms with Gasteiger partial charge in [-0.05, 0) is 57.1 Å². The molecule has 7 heteroatoms. The number of nitrogens with zero attached hydrogens (tertiary/aromatic N) is 2. The maximum absolute atomic E-state index is 13.2. The number of methoxy groups -OCH3 is 2. The number of carbonyl (C=O) groups excluding carboxylic acids is 2. The zero-order valence-electron chi connectivity index (χ0n) is 18.2. The van der Waals surface area contributed by atoms with E-state index >= 15 is 0 Å². The smallest absolute Gasteiger partial charge is 0.250 e. The number of para-hydroxylation sites is 2. The topological polar surface area (TPSA) is 71.1 Å². The molecule has 0 bridgehead atoms. The predicted molar refractivity (Wildman–Crippen MR) is 117 cm³/mol. The Labute approximate surface area is 177 Å². The summed E-state index contributed by atoms with van der Waals surface area (Å²) in [4.78, 5) is 29.3. The van der Waals surface area contributed by atoms with Gasteiger partial charge in [0, 0.05) is 6.54 Å². The zero-order valence-corrected chi connectivity index (χ0v) is 18.2. The minimum Gasteiger partial charge on any atom is -0.493 e. The summed E-state index contributed by atoms with van der Waals surface area (Å²) in [7, 11) is 5.12. The predicted octanol–water partition coefficient (Wildman–Crippen LogP) is 2.94. The van der Waals surface area contributed by atoms with E-state index in [1.54, 1.807) is 33.0 Å². The van der Waals surface area contributed by atoms with Crippen LogP contribution in [0.25, 0.3) is 0 Å². The fraction of sp³-hybridized carbons (Fsp3) is 0.391. The highest BCUT2D eigenvalue weighted by molar-refractivity contribution is 6.14. The van der Waals surface area contributed by atoms with Crippen molar-refractivity contribution >= 4 is 23.2 Å². The number of benzene rings is 2. The fourth-order valence-electron chi connectivity index (χ4n) is 3.64. The Kier molecular flexibility index (Phi) is 6.31. The van der Waals surface area contributed by atoms with Crippen molar-refractivity contribution in [2.75, 3.05) is 44.6 Å². The number of carbonyl (C=O) groups is 2. The number of rotatable bonds is 7. The van der Waals surface area contributed by atoms with Crippen LogP contribution in [0.3, 0.4) is 0 Å². The molecule has 0 spiro atoms. The summed E-state index contributed by atoms with van der Waals surface area (Å²) in [6.45, 7) is 4.42. The maximum atomic E-state index is 13.2. The third kappa shape index (κ3) is 4.26. The Bertz CT molecular complexity index is 942. The van der Waals surface area contributed by atoms with E-state index in [1.807, 2.05) is 54.4 Å². The summed E-state index contributed by atoms with van der Waals surface area (Å²) >= 11 is 0. The van der Waals surface area contributed by atoms with Gasteiger partial charge in [0.1, 0.15) is 5.54 Å². The second kappa shape index (κ2) is 8.75. The molecule has 1 aliphatic rings. The van der Waals surface area contributed by atoms with E-state index in [4.69, 9.17) is 9.47 Å². The molecular formula is C23H29N3O4. The SMILES string of the molecule is COc1ccc(CCN(C)CC(=O)N2c3ccccc3NC(=O)C2(C)C)cc1OC. The molecule has 0 saturated heterocycles. The molecule has 7 nitrogen and oxygen atoms in total. The molecule has 0 unspecified atom stereocenters. The van der Waals surface area contributed by atoms with Crippen molar-refractivity contribution in [1.29, 1.82) is 0 Å². The van der Waals surface area contributed by atoms with Gasteiger partial charge >= 0.3 is 0 Å². The van der Waals surface area contributed by atoms with Crippen LogP contribution in [-0.4, -0.2) is 56.6 Å². The molecule has 1 aliphatic heterocycles. The summed E-state index contributed by atoms with van der Waals surface area (Å²) in [5.41, 5.74) is 1.51. The molecule has 2 aromatic rings. The first-order valence-electron chi connectivity index (χ1n) is 9.91. The van der Waals surface area contributed by atoms with E-state index in [0.29, 0.717) is 23.7 Å². The van der Waals surface area contributed by atoms with Crippen LogP contribution in [0, 0.1) is 0 Å². The van der Waals surface area contributed by atoms with Crippen molar-refractivity contribution in [1.82, 2.24) is 4.90 Å². The lowest BCUT2D eigenvalue weighted by Gasteiger charge is -2.42. The van der Waals surface area contributed by atoms with Crippen molar-refractivity contribution < 1.29 is 19.1 Å². The summed E-state index contributed by atoms with van der Waals surface area (Å²) in [5.74, 6) is 1.07. The Balaban J connectivity index is 1.69. The lowest BCUT2D eigenvalue weighted by molar-refractivity contribution is -0.127. The first kappa shape index (κ1) is 21.6. The number of amides is 2. The third-order valence-corrected chi connectivity index (χ3v) is 5.39. The molecular weight excluding hydrogens is 382 g/mol. The Morgan fingerprint density at radius 3 is 2.50 bits per heavy atom. The van der Waals surface area contributed by atoms with Gasteiger partial charge in [-0.2, -0.15) is 0 Å². The van der Waals surface area contributed by atoms with E-state index < -0.39 is 5.54 Å². The minimum atomic E-state index is -0.963. The van der Waals surface area contributed by atoms with E-state index in [1.165, 1.54) is 0 Å². The first-order valence-corrected chi connectivity index (χ1v) is 9.91. The van der Waals surface area contributed by atoms with Crippen LogP contribution in [-0.2, 0) is 16.0 Å². The molecule has 0 radical (unpaired) electrons. The summed E-state index contributed by atoms with van der Waals surface area (Å²) in [6.07, 6.45) is 0.755. The molecule has 1 N–H and O–H groups in total. The van der Waals surface area contributed by atoms with Gasteiger partial charge in [-0.1, -0.05) is 18.2 Å². The van der Waals surface area contributed by atoms with E-state index in [9.17, 15) is 9.59 Å². The van der Waals surface area contributed by atoms with Crippen LogP contribution in [0.1, 0.15) is 19.4 Å². The van der Waals surface area contributed by atoms with Crippen molar-refractivity contribution in [3.05, 3.63) is 48.0 Å². The average molecular weight is 412 g/mol. The number of ether oxygens (including phenoxy) is 2. The van der Waals surface area contributed by atoms with E-state index in [2.05, 4.69) is 5.32 Å². The number of fused-ring (bicyclic) bond motifs is 1. The van der Waals surface area contributed by atoms with Crippen molar-refractivity contribution in [3.8, 4) is 11.5 Å². The molecule has 0 atom stereocenters. The molecule has 3 rings (SSSR count). The van der Waals surface area contributed by atoms with Crippen LogP contribution >= 0.6 is 0 Å². The van der Waals surface area contributed by atoms with Gasteiger partial charge < -0.3 is 14.8 Å². The van der Waals surface area contributed by atoms with Gasteiger partial charge in [0.15, 0.2) is 11.5 Å². The molecule has 0 aliphatic carbocycles. The third-order valence-electron chi connectivity index (χ3n) is 5.39. The maximum Gasteiger partial charge on any atom is 0.250 e. The van der Waals surface area contributed by atoms with Crippen molar-refractivity contribution in [2.45, 2.75) is 25.8 Å². The number of hydrogen-bond donors (Lipinski definition) is 1. The highest BCUT2D eigenvalue weighted by Crippen LogP contribution is 2.36. The zero-order chi connectivity index (χ0) is 21.9. The lowest BCUT2D eigenvalue weighted by atomic mass is 9.96. The molecule has 2 aromatic carbocycles. The number of nitrogens with one attached hydrogen (secondary N) is 1. The highest BCUT2D eigenvalue weighted by Gasteiger charge is 2.43. The highest BCUT2D eigenvalue weighted by atomic mass is 16.5.